The van der Waals surface area contributed by atoms with Gasteiger partial charge in [0.15, 0.2) is 0 Å². The molecule has 1 aromatic heterocycles. The van der Waals surface area contributed by atoms with E-state index in [1.165, 1.54) is 16.4 Å². The Labute approximate surface area is 184 Å². The van der Waals surface area contributed by atoms with Crippen LogP contribution in [0.25, 0.3) is 10.9 Å². The Morgan fingerprint density at radius 3 is 2.62 bits per heavy atom. The first-order valence-corrected chi connectivity index (χ1v) is 11.7. The molecule has 3 aromatic rings. The Morgan fingerprint density at radius 1 is 1.22 bits per heavy atom. The molecule has 2 heterocycles. The summed E-state index contributed by atoms with van der Waals surface area (Å²) in [5.41, 5.74) is 1.39. The molecule has 4 rings (SSSR count). The van der Waals surface area contributed by atoms with E-state index in [0.29, 0.717) is 17.7 Å². The molecule has 9 nitrogen and oxygen atoms in total. The molecule has 0 saturated carbocycles. The number of benzene rings is 2. The van der Waals surface area contributed by atoms with Crippen LogP contribution in [-0.2, 0) is 21.3 Å². The summed E-state index contributed by atoms with van der Waals surface area (Å²) in [7, 11) is -4.03. The Hall–Kier alpha value is -3.08. The summed E-state index contributed by atoms with van der Waals surface area (Å²) in [4.78, 5) is 25.9. The van der Waals surface area contributed by atoms with Crippen LogP contribution in [0, 0.1) is 17.0 Å². The number of nitro groups is 1. The lowest BCUT2D eigenvalue weighted by Gasteiger charge is -2.25. The zero-order valence-electron chi connectivity index (χ0n) is 17.5. The summed E-state index contributed by atoms with van der Waals surface area (Å²) < 4.78 is 33.7. The molecular formula is C22H23N3O6S. The quantitative estimate of drug-likeness (QED) is 0.430. The predicted molar refractivity (Wildman–Crippen MR) is 119 cm³/mol. The molecule has 2 aromatic carbocycles. The van der Waals surface area contributed by atoms with Gasteiger partial charge in [-0.1, -0.05) is 18.2 Å². The van der Waals surface area contributed by atoms with Gasteiger partial charge in [0.2, 0.25) is 10.0 Å². The fourth-order valence-corrected chi connectivity index (χ4v) is 5.34. The number of nitrogens with zero attached hydrogens (tertiary/aromatic N) is 2. The SMILES string of the molecule is Cc1cccc2cc(CN(C[C@@H]3CCCO3)S(=O)(=O)c3ccc([N+](=O)[O-])cc3)c(=O)[nH]c12. The topological polar surface area (TPSA) is 123 Å². The van der Waals surface area contributed by atoms with Crippen molar-refractivity contribution < 1.29 is 18.1 Å². The van der Waals surface area contributed by atoms with Crippen molar-refractivity contribution in [2.75, 3.05) is 13.2 Å². The van der Waals surface area contributed by atoms with Crippen LogP contribution in [0.15, 0.2) is 58.2 Å². The monoisotopic (exact) mass is 457 g/mol. The second-order valence-electron chi connectivity index (χ2n) is 7.85. The number of non-ortho nitro benzene ring substituents is 1. The molecule has 1 atom stereocenters. The highest BCUT2D eigenvalue weighted by Gasteiger charge is 2.30. The van der Waals surface area contributed by atoms with Crippen LogP contribution in [0.2, 0.25) is 0 Å². The molecule has 0 unspecified atom stereocenters. The summed E-state index contributed by atoms with van der Waals surface area (Å²) in [6, 6.07) is 12.1. The highest BCUT2D eigenvalue weighted by Crippen LogP contribution is 2.24. The van der Waals surface area contributed by atoms with Crippen molar-refractivity contribution in [1.82, 2.24) is 9.29 Å². The van der Waals surface area contributed by atoms with Crippen molar-refractivity contribution in [1.29, 1.82) is 0 Å². The molecule has 32 heavy (non-hydrogen) atoms. The van der Waals surface area contributed by atoms with Gasteiger partial charge in [-0.2, -0.15) is 4.31 Å². The molecule has 10 heteroatoms. The first kappa shape index (κ1) is 22.1. The number of aromatic amines is 1. The molecule has 1 saturated heterocycles. The number of nitro benzene ring substituents is 1. The number of rotatable bonds is 7. The van der Waals surface area contributed by atoms with Crippen LogP contribution < -0.4 is 5.56 Å². The first-order valence-electron chi connectivity index (χ1n) is 10.2. The van der Waals surface area contributed by atoms with Crippen LogP contribution >= 0.6 is 0 Å². The van der Waals surface area contributed by atoms with Crippen molar-refractivity contribution in [2.45, 2.75) is 37.3 Å². The van der Waals surface area contributed by atoms with Crippen molar-refractivity contribution in [2.24, 2.45) is 0 Å². The summed E-state index contributed by atoms with van der Waals surface area (Å²) in [6.45, 7) is 2.40. The Balaban J connectivity index is 1.72. The molecule has 1 N–H and O–H groups in total. The molecule has 0 aliphatic carbocycles. The average Bonchev–Trinajstić information content (AvgIpc) is 3.28. The van der Waals surface area contributed by atoms with Crippen LogP contribution in [0.3, 0.4) is 0 Å². The summed E-state index contributed by atoms with van der Waals surface area (Å²) in [6.07, 6.45) is 1.29. The van der Waals surface area contributed by atoms with E-state index in [2.05, 4.69) is 4.98 Å². The number of ether oxygens (including phenoxy) is 1. The van der Waals surface area contributed by atoms with Gasteiger partial charge in [-0.25, -0.2) is 8.42 Å². The third-order valence-electron chi connectivity index (χ3n) is 5.63. The maximum absolute atomic E-state index is 13.4. The molecule has 1 aliphatic rings. The molecule has 168 valence electrons. The van der Waals surface area contributed by atoms with E-state index in [4.69, 9.17) is 4.74 Å². The van der Waals surface area contributed by atoms with Crippen LogP contribution in [0.1, 0.15) is 24.0 Å². The van der Waals surface area contributed by atoms with Gasteiger partial charge in [-0.3, -0.25) is 14.9 Å². The van der Waals surface area contributed by atoms with Gasteiger partial charge in [0.1, 0.15) is 0 Å². The molecule has 0 radical (unpaired) electrons. The van der Waals surface area contributed by atoms with E-state index < -0.39 is 14.9 Å². The fourth-order valence-electron chi connectivity index (χ4n) is 3.89. The number of hydrogen-bond acceptors (Lipinski definition) is 6. The van der Waals surface area contributed by atoms with Crippen LogP contribution in [0.5, 0.6) is 0 Å². The molecular weight excluding hydrogens is 434 g/mol. The van der Waals surface area contributed by atoms with Crippen LogP contribution in [0.4, 0.5) is 5.69 Å². The smallest absolute Gasteiger partial charge is 0.269 e. The lowest BCUT2D eigenvalue weighted by Crippen LogP contribution is -2.38. The second kappa shape index (κ2) is 8.81. The van der Waals surface area contributed by atoms with Gasteiger partial charge in [-0.05, 0) is 48.9 Å². The largest absolute Gasteiger partial charge is 0.377 e. The molecule has 0 bridgehead atoms. The maximum atomic E-state index is 13.4. The van der Waals surface area contributed by atoms with Gasteiger partial charge in [0, 0.05) is 37.4 Å². The number of sulfonamides is 1. The lowest BCUT2D eigenvalue weighted by molar-refractivity contribution is -0.384. The van der Waals surface area contributed by atoms with E-state index >= 15 is 0 Å². The molecule has 1 fully saturated rings. The average molecular weight is 458 g/mol. The fraction of sp³-hybridized carbons (Fsp3) is 0.318. The van der Waals surface area contributed by atoms with Crippen LogP contribution in [-0.4, -0.2) is 41.9 Å². The normalized spacial score (nSPS) is 16.6. The highest BCUT2D eigenvalue weighted by molar-refractivity contribution is 7.89. The molecule has 1 aliphatic heterocycles. The summed E-state index contributed by atoms with van der Waals surface area (Å²) in [5.74, 6) is 0. The minimum Gasteiger partial charge on any atom is -0.377 e. The minimum absolute atomic E-state index is 0.0749. The van der Waals surface area contributed by atoms with Gasteiger partial charge >= 0.3 is 0 Å². The number of aryl methyl sites for hydroxylation is 1. The number of para-hydroxylation sites is 1. The van der Waals surface area contributed by atoms with Crippen molar-refractivity contribution in [3.63, 3.8) is 0 Å². The maximum Gasteiger partial charge on any atom is 0.269 e. The van der Waals surface area contributed by atoms with E-state index in [1.807, 2.05) is 25.1 Å². The minimum atomic E-state index is -4.03. The zero-order chi connectivity index (χ0) is 22.9. The Morgan fingerprint density at radius 2 is 1.97 bits per heavy atom. The third kappa shape index (κ3) is 4.43. The molecule has 0 amide bonds. The number of hydrogen-bond donors (Lipinski definition) is 1. The van der Waals surface area contributed by atoms with E-state index in [-0.39, 0.29) is 35.3 Å². The number of pyridine rings is 1. The summed E-state index contributed by atoms with van der Waals surface area (Å²) >= 11 is 0. The van der Waals surface area contributed by atoms with Gasteiger partial charge in [0.05, 0.1) is 21.4 Å². The number of fused-ring (bicyclic) bond motifs is 1. The number of nitrogens with one attached hydrogen (secondary N) is 1. The van der Waals surface area contributed by atoms with E-state index in [0.717, 1.165) is 35.9 Å². The Bertz CT molecular complexity index is 1310. The van der Waals surface area contributed by atoms with E-state index in [9.17, 15) is 23.3 Å². The zero-order valence-corrected chi connectivity index (χ0v) is 18.3. The highest BCUT2D eigenvalue weighted by atomic mass is 32.2. The number of aromatic nitrogens is 1. The van der Waals surface area contributed by atoms with Crippen molar-refractivity contribution in [3.8, 4) is 0 Å². The summed E-state index contributed by atoms with van der Waals surface area (Å²) in [5, 5.41) is 11.7. The van der Waals surface area contributed by atoms with Gasteiger partial charge in [-0.15, -0.1) is 0 Å². The van der Waals surface area contributed by atoms with Crippen molar-refractivity contribution in [3.05, 3.63) is 80.1 Å². The van der Waals surface area contributed by atoms with Crippen molar-refractivity contribution >= 4 is 26.6 Å². The number of H-pyrrole nitrogens is 1. The predicted octanol–water partition coefficient (Wildman–Crippen LogP) is 3.11. The van der Waals surface area contributed by atoms with Gasteiger partial charge < -0.3 is 9.72 Å². The van der Waals surface area contributed by atoms with Gasteiger partial charge in [0.25, 0.3) is 11.2 Å². The molecule has 0 spiro atoms. The third-order valence-corrected chi connectivity index (χ3v) is 7.45. The standard InChI is InChI=1S/C22H23N3O6S/c1-15-4-2-5-16-12-17(22(26)23-21(15)16)13-24(14-19-6-3-11-31-19)32(29,30)20-9-7-18(8-10-20)25(27)28/h2,4-5,7-10,12,19H,3,6,11,13-14H2,1H3,(H,23,26)/t19-/m0/s1. The second-order valence-corrected chi connectivity index (χ2v) is 9.78. The first-order chi connectivity index (χ1) is 15.3. The van der Waals surface area contributed by atoms with E-state index in [1.54, 1.807) is 6.07 Å². The Kier molecular flexibility index (Phi) is 6.09. The lowest BCUT2D eigenvalue weighted by atomic mass is 10.1.